The van der Waals surface area contributed by atoms with Crippen LogP contribution in [0.5, 0.6) is 0 Å². The number of hydrogen-bond donors (Lipinski definition) is 2. The van der Waals surface area contributed by atoms with Crippen LogP contribution in [0.3, 0.4) is 0 Å². The van der Waals surface area contributed by atoms with E-state index in [0.717, 1.165) is 6.07 Å². The Kier molecular flexibility index (Phi) is 5.09. The molecule has 0 aliphatic heterocycles. The molecule has 0 saturated carbocycles. The van der Waals surface area contributed by atoms with E-state index in [4.69, 9.17) is 11.6 Å². The number of hydrogen-bond acceptors (Lipinski definition) is 4. The van der Waals surface area contributed by atoms with E-state index in [9.17, 15) is 13.6 Å². The van der Waals surface area contributed by atoms with E-state index in [0.29, 0.717) is 23.0 Å². The van der Waals surface area contributed by atoms with Crippen LogP contribution in [0.25, 0.3) is 0 Å². The van der Waals surface area contributed by atoms with Crippen molar-refractivity contribution in [3.8, 4) is 0 Å². The first-order valence-corrected chi connectivity index (χ1v) is 7.93. The van der Waals surface area contributed by atoms with Crippen LogP contribution in [0.4, 0.5) is 26.0 Å². The molecule has 0 atom stereocenters. The van der Waals surface area contributed by atoms with Gasteiger partial charge in [0.25, 0.3) is 5.91 Å². The van der Waals surface area contributed by atoms with E-state index in [1.54, 1.807) is 19.1 Å². The Balaban J connectivity index is 1.80. The quantitative estimate of drug-likeness (QED) is 0.694. The second-order valence-corrected chi connectivity index (χ2v) is 5.81. The van der Waals surface area contributed by atoms with Crippen LogP contribution in [0.1, 0.15) is 16.3 Å². The van der Waals surface area contributed by atoms with Gasteiger partial charge in [0.15, 0.2) is 0 Å². The van der Waals surface area contributed by atoms with Gasteiger partial charge >= 0.3 is 0 Å². The van der Waals surface area contributed by atoms with Gasteiger partial charge < -0.3 is 10.6 Å². The predicted molar refractivity (Wildman–Crippen MR) is 95.8 cm³/mol. The first kappa shape index (κ1) is 17.8. The average Bonchev–Trinajstić information content (AvgIpc) is 2.60. The number of benzene rings is 2. The largest absolute Gasteiger partial charge is 0.340 e. The molecule has 0 aliphatic carbocycles. The van der Waals surface area contributed by atoms with Crippen molar-refractivity contribution in [1.82, 2.24) is 9.97 Å². The zero-order valence-electron chi connectivity index (χ0n) is 13.6. The third-order valence-electron chi connectivity index (χ3n) is 3.36. The number of carbonyl (C=O) groups is 1. The summed E-state index contributed by atoms with van der Waals surface area (Å²) < 4.78 is 26.2. The lowest BCUT2D eigenvalue weighted by atomic mass is 10.2. The summed E-state index contributed by atoms with van der Waals surface area (Å²) in [5.41, 5.74) is 1.06. The van der Waals surface area contributed by atoms with E-state index in [-0.39, 0.29) is 16.5 Å². The molecule has 3 rings (SSSR count). The first-order chi connectivity index (χ1) is 12.4. The Labute approximate surface area is 153 Å². The number of anilines is 3. The van der Waals surface area contributed by atoms with Crippen molar-refractivity contribution in [2.75, 3.05) is 10.6 Å². The third kappa shape index (κ3) is 4.31. The van der Waals surface area contributed by atoms with Crippen molar-refractivity contribution in [1.29, 1.82) is 0 Å². The summed E-state index contributed by atoms with van der Waals surface area (Å²) in [6, 6.07) is 11.0. The van der Waals surface area contributed by atoms with E-state index in [1.807, 2.05) is 0 Å². The molecule has 0 fully saturated rings. The van der Waals surface area contributed by atoms with Gasteiger partial charge in [-0.15, -0.1) is 0 Å². The summed E-state index contributed by atoms with van der Waals surface area (Å²) in [4.78, 5) is 20.7. The van der Waals surface area contributed by atoms with Crippen LogP contribution in [0.2, 0.25) is 5.02 Å². The maximum atomic E-state index is 13.2. The molecule has 0 spiro atoms. The van der Waals surface area contributed by atoms with Gasteiger partial charge in [-0.1, -0.05) is 11.6 Å². The summed E-state index contributed by atoms with van der Waals surface area (Å²) in [5.74, 6) is -0.674. The topological polar surface area (TPSA) is 66.9 Å². The van der Waals surface area contributed by atoms with Gasteiger partial charge in [0.1, 0.15) is 29.0 Å². The number of halogens is 3. The Morgan fingerprint density at radius 2 is 1.69 bits per heavy atom. The van der Waals surface area contributed by atoms with Crippen LogP contribution >= 0.6 is 11.6 Å². The molecule has 0 bridgehead atoms. The zero-order chi connectivity index (χ0) is 18.7. The van der Waals surface area contributed by atoms with Crippen molar-refractivity contribution in [2.24, 2.45) is 0 Å². The summed E-state index contributed by atoms with van der Waals surface area (Å²) in [6.45, 7) is 1.64. The molecule has 132 valence electrons. The van der Waals surface area contributed by atoms with Gasteiger partial charge in [0.05, 0.1) is 5.02 Å². The fraction of sp³-hybridized carbons (Fsp3) is 0.0556. The second kappa shape index (κ2) is 7.45. The van der Waals surface area contributed by atoms with E-state index >= 15 is 0 Å². The molecule has 0 unspecified atom stereocenters. The van der Waals surface area contributed by atoms with Crippen LogP contribution in [0.15, 0.2) is 48.5 Å². The van der Waals surface area contributed by atoms with Crippen LogP contribution in [0, 0.1) is 18.6 Å². The number of aromatic nitrogens is 2. The molecule has 0 aliphatic rings. The molecule has 1 aromatic heterocycles. The molecule has 0 saturated heterocycles. The SMILES string of the molecule is Cc1nc(Nc2ccc(F)cc2)cc(C(=O)Nc2ccc(F)c(Cl)c2)n1. The number of carbonyl (C=O) groups excluding carboxylic acids is 1. The van der Waals surface area contributed by atoms with Gasteiger partial charge in [0, 0.05) is 17.4 Å². The van der Waals surface area contributed by atoms with Crippen molar-refractivity contribution < 1.29 is 13.6 Å². The standard InChI is InChI=1S/C18H13ClF2N4O/c1-10-22-16(18(26)25-13-6-7-15(21)14(19)8-13)9-17(23-10)24-12-4-2-11(20)3-5-12/h2-9H,1H3,(H,25,26)(H,22,23,24). The number of nitrogens with one attached hydrogen (secondary N) is 2. The molecule has 8 heteroatoms. The van der Waals surface area contributed by atoms with E-state index in [1.165, 1.54) is 30.3 Å². The Bertz CT molecular complexity index is 964. The molecule has 2 N–H and O–H groups in total. The maximum Gasteiger partial charge on any atom is 0.274 e. The van der Waals surface area contributed by atoms with Crippen LogP contribution in [-0.2, 0) is 0 Å². The fourth-order valence-corrected chi connectivity index (χ4v) is 2.38. The normalized spacial score (nSPS) is 10.5. The number of nitrogens with zero attached hydrogens (tertiary/aromatic N) is 2. The lowest BCUT2D eigenvalue weighted by molar-refractivity contribution is 0.102. The van der Waals surface area contributed by atoms with Crippen LogP contribution in [-0.4, -0.2) is 15.9 Å². The maximum absolute atomic E-state index is 13.2. The molecule has 5 nitrogen and oxygen atoms in total. The Hall–Kier alpha value is -3.06. The minimum absolute atomic E-state index is 0.0969. The fourth-order valence-electron chi connectivity index (χ4n) is 2.20. The number of amides is 1. The highest BCUT2D eigenvalue weighted by Crippen LogP contribution is 2.20. The monoisotopic (exact) mass is 374 g/mol. The molecule has 1 heterocycles. The van der Waals surface area contributed by atoms with E-state index < -0.39 is 11.7 Å². The van der Waals surface area contributed by atoms with Crippen molar-refractivity contribution in [3.05, 3.63) is 76.7 Å². The van der Waals surface area contributed by atoms with Gasteiger partial charge in [0.2, 0.25) is 0 Å². The lowest BCUT2D eigenvalue weighted by Gasteiger charge is -2.09. The average molecular weight is 375 g/mol. The zero-order valence-corrected chi connectivity index (χ0v) is 14.3. The van der Waals surface area contributed by atoms with Crippen molar-refractivity contribution in [2.45, 2.75) is 6.92 Å². The van der Waals surface area contributed by atoms with Gasteiger partial charge in [-0.05, 0) is 49.4 Å². The minimum Gasteiger partial charge on any atom is -0.340 e. The number of rotatable bonds is 4. The Morgan fingerprint density at radius 3 is 2.38 bits per heavy atom. The third-order valence-corrected chi connectivity index (χ3v) is 3.65. The summed E-state index contributed by atoms with van der Waals surface area (Å²) in [7, 11) is 0. The molecule has 1 amide bonds. The Morgan fingerprint density at radius 1 is 1.00 bits per heavy atom. The highest BCUT2D eigenvalue weighted by Gasteiger charge is 2.12. The molecule has 26 heavy (non-hydrogen) atoms. The highest BCUT2D eigenvalue weighted by molar-refractivity contribution is 6.31. The molecule has 2 aromatic carbocycles. The van der Waals surface area contributed by atoms with Gasteiger partial charge in [-0.2, -0.15) is 0 Å². The minimum atomic E-state index is -0.576. The molecular formula is C18H13ClF2N4O. The van der Waals surface area contributed by atoms with Gasteiger partial charge in [-0.25, -0.2) is 18.7 Å². The van der Waals surface area contributed by atoms with Gasteiger partial charge in [-0.3, -0.25) is 4.79 Å². The second-order valence-electron chi connectivity index (χ2n) is 5.40. The van der Waals surface area contributed by atoms with Crippen molar-refractivity contribution in [3.63, 3.8) is 0 Å². The molecule has 0 radical (unpaired) electrons. The number of aryl methyl sites for hydroxylation is 1. The van der Waals surface area contributed by atoms with E-state index in [2.05, 4.69) is 20.6 Å². The van der Waals surface area contributed by atoms with Crippen molar-refractivity contribution >= 4 is 34.7 Å². The summed E-state index contributed by atoms with van der Waals surface area (Å²) >= 11 is 5.71. The lowest BCUT2D eigenvalue weighted by Crippen LogP contribution is -2.15. The smallest absolute Gasteiger partial charge is 0.274 e. The summed E-state index contributed by atoms with van der Waals surface area (Å²) in [5, 5.41) is 5.48. The highest BCUT2D eigenvalue weighted by atomic mass is 35.5. The molecular weight excluding hydrogens is 362 g/mol. The first-order valence-electron chi connectivity index (χ1n) is 7.55. The predicted octanol–water partition coefficient (Wildman–Crippen LogP) is 4.71. The van der Waals surface area contributed by atoms with Crippen LogP contribution < -0.4 is 10.6 Å². The molecule has 3 aromatic rings. The summed E-state index contributed by atoms with van der Waals surface area (Å²) in [6.07, 6.45) is 0.